The maximum atomic E-state index is 12.1. The van der Waals surface area contributed by atoms with Gasteiger partial charge in [0.2, 0.25) is 0 Å². The first kappa shape index (κ1) is 12.6. The third-order valence-corrected chi connectivity index (χ3v) is 3.18. The lowest BCUT2D eigenvalue weighted by Crippen LogP contribution is -2.52. The van der Waals surface area contributed by atoms with Crippen molar-refractivity contribution in [3.63, 3.8) is 0 Å². The summed E-state index contributed by atoms with van der Waals surface area (Å²) in [5, 5.41) is 0. The lowest BCUT2D eigenvalue weighted by atomic mass is 10.1. The predicted octanol–water partition coefficient (Wildman–Crippen LogP) is 0.970. The minimum Gasteiger partial charge on any atom is -0.444 e. The van der Waals surface area contributed by atoms with Gasteiger partial charge in [-0.3, -0.25) is 0 Å². The van der Waals surface area contributed by atoms with Crippen LogP contribution in [0.2, 0.25) is 0 Å². The summed E-state index contributed by atoms with van der Waals surface area (Å²) in [6.07, 6.45) is 0.734. The molecule has 5 heteroatoms. The quantitative estimate of drug-likeness (QED) is 0.744. The highest BCUT2D eigenvalue weighted by molar-refractivity contribution is 5.68. The molecule has 0 bridgehead atoms. The van der Waals surface area contributed by atoms with Crippen LogP contribution in [0.3, 0.4) is 0 Å². The summed E-state index contributed by atoms with van der Waals surface area (Å²) in [6.45, 7) is 7.40. The number of nitrogens with two attached hydrogens (primary N) is 1. The number of ether oxygens (including phenoxy) is 2. The molecular formula is C12H22N2O3. The summed E-state index contributed by atoms with van der Waals surface area (Å²) < 4.78 is 10.8. The van der Waals surface area contributed by atoms with Gasteiger partial charge in [-0.2, -0.15) is 0 Å². The third-order valence-electron chi connectivity index (χ3n) is 3.18. The van der Waals surface area contributed by atoms with Crippen LogP contribution in [0.25, 0.3) is 0 Å². The van der Waals surface area contributed by atoms with Crippen molar-refractivity contribution >= 4 is 6.09 Å². The molecule has 2 fully saturated rings. The van der Waals surface area contributed by atoms with Crippen LogP contribution >= 0.6 is 0 Å². The molecule has 98 valence electrons. The fourth-order valence-electron chi connectivity index (χ4n) is 2.20. The van der Waals surface area contributed by atoms with Crippen molar-refractivity contribution in [1.29, 1.82) is 0 Å². The summed E-state index contributed by atoms with van der Waals surface area (Å²) in [5.41, 5.74) is 5.40. The van der Waals surface area contributed by atoms with Crippen LogP contribution in [0.15, 0.2) is 0 Å². The zero-order chi connectivity index (χ0) is 12.6. The molecule has 1 aliphatic carbocycles. The topological polar surface area (TPSA) is 64.8 Å². The van der Waals surface area contributed by atoms with Crippen LogP contribution in [0.4, 0.5) is 4.79 Å². The lowest BCUT2D eigenvalue weighted by Gasteiger charge is -2.36. The predicted molar refractivity (Wildman–Crippen MR) is 63.6 cm³/mol. The van der Waals surface area contributed by atoms with Gasteiger partial charge in [0.25, 0.3) is 0 Å². The van der Waals surface area contributed by atoms with Gasteiger partial charge in [0.1, 0.15) is 5.60 Å². The Kier molecular flexibility index (Phi) is 3.32. The second kappa shape index (κ2) is 4.46. The monoisotopic (exact) mass is 242 g/mol. The molecule has 1 saturated heterocycles. The van der Waals surface area contributed by atoms with Gasteiger partial charge in [-0.15, -0.1) is 0 Å². The first-order valence-corrected chi connectivity index (χ1v) is 6.21. The SMILES string of the molecule is CC(C)(C)OC(=O)N1CCOCC1C1CC1N. The Hall–Kier alpha value is -0.810. The van der Waals surface area contributed by atoms with E-state index in [-0.39, 0.29) is 18.2 Å². The zero-order valence-corrected chi connectivity index (χ0v) is 10.8. The Labute approximate surface area is 102 Å². The number of carbonyl (C=O) groups excluding carboxylic acids is 1. The van der Waals surface area contributed by atoms with Gasteiger partial charge >= 0.3 is 6.09 Å². The molecule has 1 amide bonds. The molecule has 1 saturated carbocycles. The average molecular weight is 242 g/mol. The molecule has 0 spiro atoms. The molecule has 3 atom stereocenters. The maximum absolute atomic E-state index is 12.1. The second-order valence-corrected chi connectivity index (χ2v) is 5.88. The summed E-state index contributed by atoms with van der Waals surface area (Å²) in [5.74, 6) is 0.378. The van der Waals surface area contributed by atoms with Gasteiger partial charge in [-0.1, -0.05) is 0 Å². The van der Waals surface area contributed by atoms with Gasteiger partial charge in [0.05, 0.1) is 19.3 Å². The largest absolute Gasteiger partial charge is 0.444 e. The lowest BCUT2D eigenvalue weighted by molar-refractivity contribution is -0.0376. The van der Waals surface area contributed by atoms with Crippen molar-refractivity contribution in [1.82, 2.24) is 4.90 Å². The number of morpholine rings is 1. The molecule has 0 aromatic heterocycles. The molecule has 0 radical (unpaired) electrons. The molecule has 0 aromatic carbocycles. The standard InChI is InChI=1S/C12H22N2O3/c1-12(2,3)17-11(15)14-4-5-16-7-10(14)8-6-9(8)13/h8-10H,4-7,13H2,1-3H3. The van der Waals surface area contributed by atoms with Crippen LogP contribution in [0.5, 0.6) is 0 Å². The first-order chi connectivity index (χ1) is 7.88. The second-order valence-electron chi connectivity index (χ2n) is 5.88. The highest BCUT2D eigenvalue weighted by Gasteiger charge is 2.46. The number of rotatable bonds is 1. The van der Waals surface area contributed by atoms with Crippen molar-refractivity contribution in [2.24, 2.45) is 11.7 Å². The summed E-state index contributed by atoms with van der Waals surface area (Å²) in [7, 11) is 0. The number of hydrogen-bond donors (Lipinski definition) is 1. The summed E-state index contributed by atoms with van der Waals surface area (Å²) >= 11 is 0. The van der Waals surface area contributed by atoms with E-state index in [0.29, 0.717) is 25.7 Å². The van der Waals surface area contributed by atoms with Crippen molar-refractivity contribution in [2.75, 3.05) is 19.8 Å². The molecule has 2 N–H and O–H groups in total. The summed E-state index contributed by atoms with van der Waals surface area (Å²) in [6, 6.07) is 0.306. The van der Waals surface area contributed by atoms with Gasteiger partial charge < -0.3 is 20.1 Å². The van der Waals surface area contributed by atoms with Crippen LogP contribution < -0.4 is 5.73 Å². The molecule has 3 unspecified atom stereocenters. The van der Waals surface area contributed by atoms with Crippen molar-refractivity contribution in [3.8, 4) is 0 Å². The van der Waals surface area contributed by atoms with E-state index < -0.39 is 5.60 Å². The number of carbonyl (C=O) groups is 1. The fourth-order valence-corrected chi connectivity index (χ4v) is 2.20. The number of amides is 1. The summed E-state index contributed by atoms with van der Waals surface area (Å²) in [4.78, 5) is 13.9. The molecule has 2 aliphatic rings. The average Bonchev–Trinajstić information content (AvgIpc) is 2.93. The van der Waals surface area contributed by atoms with Crippen molar-refractivity contribution in [3.05, 3.63) is 0 Å². The van der Waals surface area contributed by atoms with E-state index in [4.69, 9.17) is 15.2 Å². The van der Waals surface area contributed by atoms with Gasteiger partial charge in [-0.25, -0.2) is 4.79 Å². The smallest absolute Gasteiger partial charge is 0.410 e. The molecule has 5 nitrogen and oxygen atoms in total. The minimum absolute atomic E-state index is 0.0913. The van der Waals surface area contributed by atoms with Gasteiger partial charge in [-0.05, 0) is 33.1 Å². The molecule has 0 aromatic rings. The van der Waals surface area contributed by atoms with E-state index in [1.54, 1.807) is 4.90 Å². The van der Waals surface area contributed by atoms with E-state index in [1.165, 1.54) is 0 Å². The van der Waals surface area contributed by atoms with Gasteiger partial charge in [0.15, 0.2) is 0 Å². The van der Waals surface area contributed by atoms with Crippen LogP contribution in [-0.4, -0.2) is 48.4 Å². The van der Waals surface area contributed by atoms with Crippen molar-refractivity contribution < 1.29 is 14.3 Å². The molecule has 2 rings (SSSR count). The molecule has 17 heavy (non-hydrogen) atoms. The Bertz CT molecular complexity index is 301. The van der Waals surface area contributed by atoms with Crippen LogP contribution in [-0.2, 0) is 9.47 Å². The molecular weight excluding hydrogens is 220 g/mol. The number of hydrogen-bond acceptors (Lipinski definition) is 4. The van der Waals surface area contributed by atoms with E-state index in [9.17, 15) is 4.79 Å². The highest BCUT2D eigenvalue weighted by atomic mass is 16.6. The van der Waals surface area contributed by atoms with Crippen LogP contribution in [0.1, 0.15) is 27.2 Å². The Morgan fingerprint density at radius 3 is 2.65 bits per heavy atom. The maximum Gasteiger partial charge on any atom is 0.410 e. The van der Waals surface area contributed by atoms with E-state index in [2.05, 4.69) is 0 Å². The Balaban J connectivity index is 1.98. The Morgan fingerprint density at radius 2 is 2.12 bits per heavy atom. The van der Waals surface area contributed by atoms with E-state index >= 15 is 0 Å². The molecule has 1 heterocycles. The van der Waals surface area contributed by atoms with E-state index in [1.807, 2.05) is 20.8 Å². The highest BCUT2D eigenvalue weighted by Crippen LogP contribution is 2.36. The zero-order valence-electron chi connectivity index (χ0n) is 10.8. The Morgan fingerprint density at radius 1 is 1.47 bits per heavy atom. The minimum atomic E-state index is -0.453. The van der Waals surface area contributed by atoms with E-state index in [0.717, 1.165) is 6.42 Å². The van der Waals surface area contributed by atoms with Crippen molar-refractivity contribution in [2.45, 2.75) is 44.9 Å². The van der Waals surface area contributed by atoms with Crippen LogP contribution in [0, 0.1) is 5.92 Å². The number of nitrogens with zero attached hydrogens (tertiary/aromatic N) is 1. The first-order valence-electron chi connectivity index (χ1n) is 6.21. The van der Waals surface area contributed by atoms with Gasteiger partial charge in [0, 0.05) is 12.6 Å². The normalized spacial score (nSPS) is 33.4. The molecule has 1 aliphatic heterocycles. The third kappa shape index (κ3) is 3.10. The fraction of sp³-hybridized carbons (Fsp3) is 0.917.